The molecule has 0 radical (unpaired) electrons. The van der Waals surface area contributed by atoms with Gasteiger partial charge in [0.05, 0.1) is 5.75 Å². The minimum absolute atomic E-state index is 0.164. The number of benzene rings is 2. The fourth-order valence-electron chi connectivity index (χ4n) is 2.13. The molecule has 0 spiro atoms. The summed E-state index contributed by atoms with van der Waals surface area (Å²) in [4.78, 5) is 25.9. The first kappa shape index (κ1) is 20.9. The molecule has 0 atom stereocenters. The second-order valence-electron chi connectivity index (χ2n) is 5.60. The van der Waals surface area contributed by atoms with Crippen LogP contribution in [0.5, 0.6) is 0 Å². The Bertz CT molecular complexity index is 811. The van der Waals surface area contributed by atoms with Crippen molar-refractivity contribution < 1.29 is 14.3 Å². The molecular formula is C19H20BrNO3S2. The van der Waals surface area contributed by atoms with Crippen molar-refractivity contribution in [1.82, 2.24) is 0 Å². The van der Waals surface area contributed by atoms with Crippen LogP contribution in [0.15, 0.2) is 50.7 Å². The van der Waals surface area contributed by atoms with Crippen molar-refractivity contribution in [3.05, 3.63) is 52.0 Å². The van der Waals surface area contributed by atoms with Crippen LogP contribution in [0.3, 0.4) is 0 Å². The van der Waals surface area contributed by atoms with E-state index in [1.807, 2.05) is 50.4 Å². The highest BCUT2D eigenvalue weighted by Gasteiger charge is 2.11. The van der Waals surface area contributed by atoms with E-state index in [1.54, 1.807) is 17.8 Å². The van der Waals surface area contributed by atoms with Crippen LogP contribution in [0.2, 0.25) is 0 Å². The van der Waals surface area contributed by atoms with Gasteiger partial charge in [0.25, 0.3) is 5.91 Å². The maximum Gasteiger partial charge on any atom is 0.316 e. The number of esters is 1. The van der Waals surface area contributed by atoms with Crippen molar-refractivity contribution in [3.8, 4) is 0 Å². The molecular weight excluding hydrogens is 434 g/mol. The molecule has 0 fully saturated rings. The van der Waals surface area contributed by atoms with Gasteiger partial charge in [0.15, 0.2) is 6.61 Å². The Morgan fingerprint density at radius 2 is 1.92 bits per heavy atom. The van der Waals surface area contributed by atoms with E-state index >= 15 is 0 Å². The highest BCUT2D eigenvalue weighted by atomic mass is 79.9. The number of ether oxygens (including phenoxy) is 1. The molecule has 0 aliphatic carbocycles. The zero-order valence-electron chi connectivity index (χ0n) is 14.8. The van der Waals surface area contributed by atoms with Gasteiger partial charge in [-0.3, -0.25) is 9.59 Å². The standard InChI is InChI=1S/C19H20BrNO3S2/c1-12-8-17(13(2)7-16(12)20)26-11-19(23)24-10-18(22)21-14-5-4-6-15(9-14)25-3/h4-9H,10-11H2,1-3H3,(H,21,22). The van der Waals surface area contributed by atoms with E-state index in [-0.39, 0.29) is 18.3 Å². The van der Waals surface area contributed by atoms with Crippen molar-refractivity contribution >= 4 is 57.0 Å². The Morgan fingerprint density at radius 1 is 1.15 bits per heavy atom. The molecule has 1 amide bonds. The van der Waals surface area contributed by atoms with Gasteiger partial charge in [0.1, 0.15) is 0 Å². The minimum Gasteiger partial charge on any atom is -0.455 e. The van der Waals surface area contributed by atoms with Crippen LogP contribution >= 0.6 is 39.5 Å². The Hall–Kier alpha value is -1.44. The number of carbonyl (C=O) groups is 2. The molecule has 2 aromatic rings. The second-order valence-corrected chi connectivity index (χ2v) is 8.35. The van der Waals surface area contributed by atoms with Gasteiger partial charge in [0, 0.05) is 20.0 Å². The van der Waals surface area contributed by atoms with Gasteiger partial charge in [-0.05, 0) is 61.6 Å². The van der Waals surface area contributed by atoms with Gasteiger partial charge < -0.3 is 10.1 Å². The minimum atomic E-state index is -0.414. The highest BCUT2D eigenvalue weighted by Crippen LogP contribution is 2.28. The topological polar surface area (TPSA) is 55.4 Å². The zero-order valence-corrected chi connectivity index (χ0v) is 18.0. The monoisotopic (exact) mass is 453 g/mol. The lowest BCUT2D eigenvalue weighted by molar-refractivity contribution is -0.144. The summed E-state index contributed by atoms with van der Waals surface area (Å²) in [7, 11) is 0. The number of nitrogens with one attached hydrogen (secondary N) is 1. The molecule has 2 aromatic carbocycles. The van der Waals surface area contributed by atoms with E-state index in [9.17, 15) is 9.59 Å². The molecule has 1 N–H and O–H groups in total. The average Bonchev–Trinajstić information content (AvgIpc) is 2.62. The molecule has 0 saturated carbocycles. The second kappa shape index (κ2) is 10.0. The molecule has 0 aromatic heterocycles. The average molecular weight is 454 g/mol. The summed E-state index contributed by atoms with van der Waals surface area (Å²) in [5, 5.41) is 2.73. The third-order valence-corrected chi connectivity index (χ3v) is 6.23. The van der Waals surface area contributed by atoms with E-state index in [0.29, 0.717) is 5.69 Å². The lowest BCUT2D eigenvalue weighted by Gasteiger charge is -2.09. The number of anilines is 1. The third kappa shape index (κ3) is 6.37. The first-order chi connectivity index (χ1) is 12.4. The lowest BCUT2D eigenvalue weighted by Crippen LogP contribution is -2.21. The molecule has 0 unspecified atom stereocenters. The van der Waals surface area contributed by atoms with Gasteiger partial charge in [-0.25, -0.2) is 0 Å². The predicted molar refractivity (Wildman–Crippen MR) is 112 cm³/mol. The number of hydrogen-bond donors (Lipinski definition) is 1. The van der Waals surface area contributed by atoms with Crippen LogP contribution in [0.1, 0.15) is 11.1 Å². The molecule has 7 heteroatoms. The van der Waals surface area contributed by atoms with E-state index < -0.39 is 5.97 Å². The summed E-state index contributed by atoms with van der Waals surface area (Å²) in [5.74, 6) is -0.600. The van der Waals surface area contributed by atoms with Crippen LogP contribution in [-0.4, -0.2) is 30.5 Å². The Labute approximate surface area is 170 Å². The summed E-state index contributed by atoms with van der Waals surface area (Å²) in [6, 6.07) is 11.6. The third-order valence-electron chi connectivity index (χ3n) is 3.52. The van der Waals surface area contributed by atoms with Crippen molar-refractivity contribution in [1.29, 1.82) is 0 Å². The van der Waals surface area contributed by atoms with E-state index in [0.717, 1.165) is 25.4 Å². The number of hydrogen-bond acceptors (Lipinski definition) is 5. The van der Waals surface area contributed by atoms with Crippen molar-refractivity contribution in [2.24, 2.45) is 0 Å². The number of aryl methyl sites for hydroxylation is 2. The fourth-order valence-corrected chi connectivity index (χ4v) is 3.95. The van der Waals surface area contributed by atoms with E-state index in [4.69, 9.17) is 4.74 Å². The Balaban J connectivity index is 1.79. The predicted octanol–water partition coefficient (Wildman–Crippen LogP) is 5.06. The molecule has 0 heterocycles. The van der Waals surface area contributed by atoms with Gasteiger partial charge in [-0.1, -0.05) is 22.0 Å². The molecule has 0 aliphatic heterocycles. The molecule has 2 rings (SSSR count). The van der Waals surface area contributed by atoms with Crippen LogP contribution in [-0.2, 0) is 14.3 Å². The SMILES string of the molecule is CSc1cccc(NC(=O)COC(=O)CSc2cc(C)c(Br)cc2C)c1. The zero-order chi connectivity index (χ0) is 19.1. The van der Waals surface area contributed by atoms with Crippen LogP contribution in [0, 0.1) is 13.8 Å². The van der Waals surface area contributed by atoms with Crippen LogP contribution in [0.4, 0.5) is 5.69 Å². The summed E-state index contributed by atoms with van der Waals surface area (Å²) >= 11 is 6.49. The maximum atomic E-state index is 11.9. The molecule has 0 saturated heterocycles. The summed E-state index contributed by atoms with van der Waals surface area (Å²) < 4.78 is 6.11. The number of carbonyl (C=O) groups excluding carboxylic acids is 2. The Morgan fingerprint density at radius 3 is 2.65 bits per heavy atom. The summed E-state index contributed by atoms with van der Waals surface area (Å²) in [6.45, 7) is 3.71. The van der Waals surface area contributed by atoms with Crippen molar-refractivity contribution in [2.45, 2.75) is 23.6 Å². The van der Waals surface area contributed by atoms with Gasteiger partial charge in [-0.2, -0.15) is 0 Å². The molecule has 0 aliphatic rings. The van der Waals surface area contributed by atoms with Gasteiger partial charge >= 0.3 is 5.97 Å². The Kier molecular flexibility index (Phi) is 8.06. The van der Waals surface area contributed by atoms with Crippen LogP contribution < -0.4 is 5.32 Å². The quantitative estimate of drug-likeness (QED) is 0.468. The normalized spacial score (nSPS) is 10.5. The molecule has 26 heavy (non-hydrogen) atoms. The number of rotatable bonds is 7. The van der Waals surface area contributed by atoms with E-state index in [1.165, 1.54) is 11.8 Å². The van der Waals surface area contributed by atoms with Crippen molar-refractivity contribution in [2.75, 3.05) is 23.9 Å². The van der Waals surface area contributed by atoms with Crippen molar-refractivity contribution in [3.63, 3.8) is 0 Å². The van der Waals surface area contributed by atoms with Gasteiger partial charge in [-0.15, -0.1) is 23.5 Å². The molecule has 4 nitrogen and oxygen atoms in total. The fraction of sp³-hybridized carbons (Fsp3) is 0.263. The summed E-state index contributed by atoms with van der Waals surface area (Å²) in [6.07, 6.45) is 1.97. The lowest BCUT2D eigenvalue weighted by atomic mass is 10.2. The highest BCUT2D eigenvalue weighted by molar-refractivity contribution is 9.10. The maximum absolute atomic E-state index is 11.9. The van der Waals surface area contributed by atoms with Gasteiger partial charge in [0.2, 0.25) is 0 Å². The molecule has 138 valence electrons. The number of halogens is 1. The number of thioether (sulfide) groups is 2. The molecule has 0 bridgehead atoms. The summed E-state index contributed by atoms with van der Waals surface area (Å²) in [5.41, 5.74) is 2.89. The number of amides is 1. The first-order valence-corrected chi connectivity index (χ1v) is 10.9. The smallest absolute Gasteiger partial charge is 0.316 e. The largest absolute Gasteiger partial charge is 0.455 e. The van der Waals surface area contributed by atoms with E-state index in [2.05, 4.69) is 21.2 Å². The first-order valence-electron chi connectivity index (χ1n) is 7.88. The van der Waals surface area contributed by atoms with Crippen LogP contribution in [0.25, 0.3) is 0 Å².